The Morgan fingerprint density at radius 3 is 2.42 bits per heavy atom. The van der Waals surface area contributed by atoms with Crippen LogP contribution in [-0.2, 0) is 4.79 Å². The van der Waals surface area contributed by atoms with E-state index < -0.39 is 0 Å². The summed E-state index contributed by atoms with van der Waals surface area (Å²) in [6, 6.07) is 15.3. The molecule has 0 spiro atoms. The highest BCUT2D eigenvalue weighted by molar-refractivity contribution is 6.17. The van der Waals surface area contributed by atoms with Gasteiger partial charge in [-0.1, -0.05) is 56.3 Å². The van der Waals surface area contributed by atoms with Crippen molar-refractivity contribution in [2.75, 3.05) is 38.5 Å². The van der Waals surface area contributed by atoms with Gasteiger partial charge in [-0.15, -0.1) is 0 Å². The molecule has 0 atom stereocenters. The number of hydrogen-bond donors (Lipinski definition) is 4. The number of H-pyrrole nitrogens is 1. The van der Waals surface area contributed by atoms with Crippen LogP contribution in [0.3, 0.4) is 0 Å². The molecule has 4 N–H and O–H groups in total. The van der Waals surface area contributed by atoms with Gasteiger partial charge in [-0.3, -0.25) is 14.6 Å². The Bertz CT molecular complexity index is 1380. The number of rotatable bonds is 14. The third-order valence-corrected chi connectivity index (χ3v) is 7.08. The fourth-order valence-corrected chi connectivity index (χ4v) is 4.70. The van der Waals surface area contributed by atoms with E-state index in [4.69, 9.17) is 5.41 Å². The summed E-state index contributed by atoms with van der Waals surface area (Å²) in [4.78, 5) is 34.3. The van der Waals surface area contributed by atoms with Crippen LogP contribution >= 0.6 is 0 Å². The van der Waals surface area contributed by atoms with Gasteiger partial charge in [-0.2, -0.15) is 0 Å². The molecule has 0 fully saturated rings. The molecule has 0 aliphatic carbocycles. The fourth-order valence-electron chi connectivity index (χ4n) is 4.70. The molecule has 40 heavy (non-hydrogen) atoms. The van der Waals surface area contributed by atoms with Crippen LogP contribution in [0.15, 0.2) is 53.5 Å². The normalized spacial score (nSPS) is 11.7. The van der Waals surface area contributed by atoms with Crippen molar-refractivity contribution in [1.29, 1.82) is 5.41 Å². The lowest BCUT2D eigenvalue weighted by Crippen LogP contribution is -2.35. The molecule has 1 heterocycles. The number of amides is 2. The predicted molar refractivity (Wildman–Crippen MR) is 166 cm³/mol. The SMILES string of the molecule is CCN(CC)CCNC(=O)c1c(C)[nH]c(/C=C/c2cc(C(CC(=N)c3ccccc3)=NC)ccc2NC=O)c1C. The van der Waals surface area contributed by atoms with Gasteiger partial charge in [0.25, 0.3) is 5.91 Å². The molecule has 3 aromatic rings. The Kier molecular flexibility index (Phi) is 11.1. The smallest absolute Gasteiger partial charge is 0.253 e. The number of anilines is 1. The summed E-state index contributed by atoms with van der Waals surface area (Å²) in [7, 11) is 1.72. The maximum Gasteiger partial charge on any atom is 0.253 e. The van der Waals surface area contributed by atoms with Gasteiger partial charge >= 0.3 is 0 Å². The number of carbonyl (C=O) groups is 2. The Morgan fingerprint density at radius 2 is 1.77 bits per heavy atom. The van der Waals surface area contributed by atoms with E-state index in [2.05, 4.69) is 39.4 Å². The molecule has 2 aromatic carbocycles. The second-order valence-electron chi connectivity index (χ2n) is 9.54. The zero-order valence-electron chi connectivity index (χ0n) is 24.1. The van der Waals surface area contributed by atoms with E-state index in [-0.39, 0.29) is 5.91 Å². The standard InChI is InChI=1S/C32H40N6O2/c1-6-38(7-2)18-17-35-32(40)31-22(3)28(37-23(31)4)15-13-25-19-26(14-16-29(25)36-21-39)30(34-5)20-27(33)24-11-9-8-10-12-24/h8-16,19,21,33,37H,6-7,17-18,20H2,1-5H3,(H,35,40)(H,36,39)/b15-13+,33-27?,34-30?. The highest BCUT2D eigenvalue weighted by atomic mass is 16.1. The highest BCUT2D eigenvalue weighted by Gasteiger charge is 2.17. The number of carbonyl (C=O) groups excluding carboxylic acids is 2. The van der Waals surface area contributed by atoms with E-state index in [0.717, 1.165) is 59.0 Å². The third-order valence-electron chi connectivity index (χ3n) is 7.08. The molecule has 3 rings (SSSR count). The van der Waals surface area contributed by atoms with Gasteiger partial charge in [-0.25, -0.2) is 0 Å². The summed E-state index contributed by atoms with van der Waals surface area (Å²) in [5, 5.41) is 14.3. The first kappa shape index (κ1) is 30.2. The summed E-state index contributed by atoms with van der Waals surface area (Å²) in [6.45, 7) is 11.4. The predicted octanol–water partition coefficient (Wildman–Crippen LogP) is 5.32. The number of nitrogens with zero attached hydrogens (tertiary/aromatic N) is 2. The Morgan fingerprint density at radius 1 is 1.05 bits per heavy atom. The number of likely N-dealkylation sites (N-methyl/N-ethyl adjacent to an activating group) is 1. The lowest BCUT2D eigenvalue weighted by atomic mass is 9.97. The molecule has 0 unspecified atom stereocenters. The quantitative estimate of drug-likeness (QED) is 0.164. The number of aromatic amines is 1. The minimum Gasteiger partial charge on any atom is -0.358 e. The van der Waals surface area contributed by atoms with Crippen LogP contribution in [0.4, 0.5) is 5.69 Å². The van der Waals surface area contributed by atoms with Crippen LogP contribution in [-0.4, -0.2) is 66.9 Å². The van der Waals surface area contributed by atoms with Crippen molar-refractivity contribution in [2.45, 2.75) is 34.1 Å². The first-order valence-corrected chi connectivity index (χ1v) is 13.6. The van der Waals surface area contributed by atoms with Gasteiger partial charge in [0.2, 0.25) is 6.41 Å². The average Bonchev–Trinajstić information content (AvgIpc) is 3.26. The Balaban J connectivity index is 1.83. The molecule has 2 amide bonds. The summed E-state index contributed by atoms with van der Waals surface area (Å²) in [5.41, 5.74) is 7.56. The third kappa shape index (κ3) is 7.64. The number of aliphatic imine (C=N–C) groups is 1. The van der Waals surface area contributed by atoms with Crippen LogP contribution < -0.4 is 10.6 Å². The van der Waals surface area contributed by atoms with Crippen molar-refractivity contribution in [3.05, 3.63) is 87.7 Å². The molecule has 210 valence electrons. The van der Waals surface area contributed by atoms with E-state index in [1.165, 1.54) is 0 Å². The van der Waals surface area contributed by atoms with E-state index >= 15 is 0 Å². The van der Waals surface area contributed by atoms with E-state index in [1.807, 2.05) is 74.5 Å². The summed E-state index contributed by atoms with van der Waals surface area (Å²) >= 11 is 0. The molecule has 0 aliphatic rings. The second kappa shape index (κ2) is 14.7. The monoisotopic (exact) mass is 540 g/mol. The van der Waals surface area contributed by atoms with Crippen molar-refractivity contribution < 1.29 is 9.59 Å². The number of benzene rings is 2. The second-order valence-corrected chi connectivity index (χ2v) is 9.54. The minimum absolute atomic E-state index is 0.0898. The molecule has 0 saturated heterocycles. The summed E-state index contributed by atoms with van der Waals surface area (Å²) in [6.07, 6.45) is 4.85. The van der Waals surface area contributed by atoms with Crippen LogP contribution in [0.25, 0.3) is 12.2 Å². The Labute approximate surface area is 237 Å². The van der Waals surface area contributed by atoms with Crippen LogP contribution in [0.1, 0.15) is 64.3 Å². The molecule has 1 aromatic heterocycles. The van der Waals surface area contributed by atoms with E-state index in [9.17, 15) is 9.59 Å². The zero-order chi connectivity index (χ0) is 29.1. The van der Waals surface area contributed by atoms with Gasteiger partial charge in [0.1, 0.15) is 0 Å². The molecule has 0 bridgehead atoms. The fraction of sp³-hybridized carbons (Fsp3) is 0.312. The van der Waals surface area contributed by atoms with Crippen LogP contribution in [0.5, 0.6) is 0 Å². The number of aromatic nitrogens is 1. The van der Waals surface area contributed by atoms with Gasteiger partial charge in [0.05, 0.1) is 5.56 Å². The molecule has 8 nitrogen and oxygen atoms in total. The van der Waals surface area contributed by atoms with Crippen molar-refractivity contribution in [2.24, 2.45) is 4.99 Å². The van der Waals surface area contributed by atoms with Crippen molar-refractivity contribution in [1.82, 2.24) is 15.2 Å². The van der Waals surface area contributed by atoms with Gasteiger partial charge in [-0.05, 0) is 67.4 Å². The van der Waals surface area contributed by atoms with E-state index in [0.29, 0.717) is 36.3 Å². The topological polar surface area (TPSA) is 113 Å². The maximum atomic E-state index is 13.0. The lowest BCUT2D eigenvalue weighted by molar-refractivity contribution is -0.105. The number of aryl methyl sites for hydroxylation is 1. The number of hydrogen-bond acceptors (Lipinski definition) is 5. The van der Waals surface area contributed by atoms with Crippen LogP contribution in [0, 0.1) is 19.3 Å². The highest BCUT2D eigenvalue weighted by Crippen LogP contribution is 2.24. The van der Waals surface area contributed by atoms with Crippen molar-refractivity contribution in [3.63, 3.8) is 0 Å². The molecular weight excluding hydrogens is 500 g/mol. The molecule has 8 heteroatoms. The van der Waals surface area contributed by atoms with Gasteiger partial charge in [0.15, 0.2) is 0 Å². The summed E-state index contributed by atoms with van der Waals surface area (Å²) in [5.74, 6) is -0.0898. The summed E-state index contributed by atoms with van der Waals surface area (Å²) < 4.78 is 0. The maximum absolute atomic E-state index is 13.0. The molecule has 0 saturated carbocycles. The largest absolute Gasteiger partial charge is 0.358 e. The Hall–Kier alpha value is -4.30. The van der Waals surface area contributed by atoms with Crippen molar-refractivity contribution in [3.8, 4) is 0 Å². The van der Waals surface area contributed by atoms with Gasteiger partial charge < -0.3 is 25.9 Å². The first-order chi connectivity index (χ1) is 19.3. The lowest BCUT2D eigenvalue weighted by Gasteiger charge is -2.18. The van der Waals surface area contributed by atoms with Crippen LogP contribution in [0.2, 0.25) is 0 Å². The first-order valence-electron chi connectivity index (χ1n) is 13.6. The average molecular weight is 541 g/mol. The van der Waals surface area contributed by atoms with E-state index in [1.54, 1.807) is 7.05 Å². The number of nitrogens with one attached hydrogen (secondary N) is 4. The van der Waals surface area contributed by atoms with Gasteiger partial charge in [0, 0.05) is 55.1 Å². The minimum atomic E-state index is -0.0898. The van der Waals surface area contributed by atoms with Crippen molar-refractivity contribution >= 4 is 41.6 Å². The molecule has 0 radical (unpaired) electrons. The molecule has 0 aliphatic heterocycles. The molecular formula is C32H40N6O2. The zero-order valence-corrected chi connectivity index (χ0v) is 24.1.